The molecule has 0 saturated heterocycles. The summed E-state index contributed by atoms with van der Waals surface area (Å²) in [5.41, 5.74) is 1.28. The molecule has 17 heavy (non-hydrogen) atoms. The fourth-order valence-corrected chi connectivity index (χ4v) is 3.99. The highest BCUT2D eigenvalue weighted by atomic mass is 32.2. The van der Waals surface area contributed by atoms with Gasteiger partial charge in [-0.2, -0.15) is 0 Å². The van der Waals surface area contributed by atoms with Crippen LogP contribution in [-0.2, 0) is 0 Å². The summed E-state index contributed by atoms with van der Waals surface area (Å²) in [4.78, 5) is 1.34. The fourth-order valence-electron chi connectivity index (χ4n) is 3.58. The maximum Gasteiger partial charge on any atom is 0.0341 e. The molecule has 2 saturated carbocycles. The highest BCUT2D eigenvalue weighted by Gasteiger charge is 2.38. The van der Waals surface area contributed by atoms with Crippen LogP contribution in [0.15, 0.2) is 29.2 Å². The summed E-state index contributed by atoms with van der Waals surface area (Å²) < 4.78 is 0. The van der Waals surface area contributed by atoms with E-state index in [2.05, 4.69) is 35.8 Å². The zero-order valence-electron chi connectivity index (χ0n) is 10.5. The average molecular weight is 247 g/mol. The van der Waals surface area contributed by atoms with E-state index in [9.17, 15) is 0 Å². The minimum atomic E-state index is 0.939. The van der Waals surface area contributed by atoms with E-state index >= 15 is 0 Å². The van der Waals surface area contributed by atoms with Crippen LogP contribution in [0.3, 0.4) is 0 Å². The molecule has 0 spiro atoms. The van der Waals surface area contributed by atoms with Crippen LogP contribution in [0.25, 0.3) is 0 Å². The smallest absolute Gasteiger partial charge is 0.0341 e. The van der Waals surface area contributed by atoms with Gasteiger partial charge >= 0.3 is 0 Å². The van der Waals surface area contributed by atoms with Crippen LogP contribution in [0.5, 0.6) is 0 Å². The van der Waals surface area contributed by atoms with E-state index in [0.717, 1.165) is 17.8 Å². The molecule has 2 aliphatic carbocycles. The molecular weight excluding hydrogens is 226 g/mol. The number of nitrogens with one attached hydrogen (secondary N) is 1. The summed E-state index contributed by atoms with van der Waals surface area (Å²) in [5, 5.41) is 3.61. The Labute approximate surface area is 108 Å². The topological polar surface area (TPSA) is 12.0 Å². The van der Waals surface area contributed by atoms with Crippen LogP contribution in [0.4, 0.5) is 5.69 Å². The standard InChI is InChI=1S/C15H21NS/c1-17-15-6-4-14(5-7-15)16-10-13-9-11-2-3-12(13)8-11/h4-7,11-13,16H,2-3,8-10H2,1H3. The average Bonchev–Trinajstić information content (AvgIpc) is 2.99. The van der Waals surface area contributed by atoms with Crippen molar-refractivity contribution in [2.24, 2.45) is 17.8 Å². The minimum Gasteiger partial charge on any atom is -0.385 e. The van der Waals surface area contributed by atoms with Crippen LogP contribution in [0.2, 0.25) is 0 Å². The molecule has 2 heteroatoms. The highest BCUT2D eigenvalue weighted by Crippen LogP contribution is 2.48. The predicted molar refractivity (Wildman–Crippen MR) is 75.7 cm³/mol. The van der Waals surface area contributed by atoms with Crippen molar-refractivity contribution in [3.05, 3.63) is 24.3 Å². The van der Waals surface area contributed by atoms with Gasteiger partial charge < -0.3 is 5.32 Å². The van der Waals surface area contributed by atoms with Gasteiger partial charge in [0.2, 0.25) is 0 Å². The maximum absolute atomic E-state index is 3.61. The van der Waals surface area contributed by atoms with E-state index in [-0.39, 0.29) is 0 Å². The van der Waals surface area contributed by atoms with E-state index in [4.69, 9.17) is 0 Å². The van der Waals surface area contributed by atoms with Crippen molar-refractivity contribution in [1.29, 1.82) is 0 Å². The molecule has 0 aliphatic heterocycles. The summed E-state index contributed by atoms with van der Waals surface area (Å²) in [6.07, 6.45) is 8.10. The van der Waals surface area contributed by atoms with Crippen LogP contribution in [0.1, 0.15) is 25.7 Å². The van der Waals surface area contributed by atoms with Crippen molar-refractivity contribution < 1.29 is 0 Å². The summed E-state index contributed by atoms with van der Waals surface area (Å²) in [7, 11) is 0. The quantitative estimate of drug-likeness (QED) is 0.798. The van der Waals surface area contributed by atoms with Gasteiger partial charge in [-0.15, -0.1) is 11.8 Å². The molecule has 1 N–H and O–H groups in total. The van der Waals surface area contributed by atoms with E-state index < -0.39 is 0 Å². The summed E-state index contributed by atoms with van der Waals surface area (Å²) in [6, 6.07) is 8.82. The zero-order valence-corrected chi connectivity index (χ0v) is 11.3. The first-order valence-corrected chi connectivity index (χ1v) is 7.95. The maximum atomic E-state index is 3.61. The lowest BCUT2D eigenvalue weighted by Gasteiger charge is -2.22. The van der Waals surface area contributed by atoms with Crippen molar-refractivity contribution in [3.63, 3.8) is 0 Å². The molecule has 0 radical (unpaired) electrons. The number of anilines is 1. The van der Waals surface area contributed by atoms with Crippen LogP contribution in [0, 0.1) is 17.8 Å². The molecule has 0 amide bonds. The Morgan fingerprint density at radius 3 is 2.59 bits per heavy atom. The lowest BCUT2D eigenvalue weighted by atomic mass is 9.89. The summed E-state index contributed by atoms with van der Waals surface area (Å²) in [5.74, 6) is 3.03. The molecule has 1 aromatic carbocycles. The SMILES string of the molecule is CSc1ccc(NCC2CC3CCC2C3)cc1. The molecule has 3 rings (SSSR count). The van der Waals surface area contributed by atoms with Gasteiger partial charge in [-0.05, 0) is 67.5 Å². The Balaban J connectivity index is 1.53. The first-order chi connectivity index (χ1) is 8.35. The molecule has 1 aromatic rings. The summed E-state index contributed by atoms with van der Waals surface area (Å²) in [6.45, 7) is 1.18. The van der Waals surface area contributed by atoms with E-state index in [1.807, 2.05) is 0 Å². The van der Waals surface area contributed by atoms with Crippen molar-refractivity contribution in [3.8, 4) is 0 Å². The zero-order chi connectivity index (χ0) is 11.7. The van der Waals surface area contributed by atoms with Gasteiger partial charge in [0.25, 0.3) is 0 Å². The number of fused-ring (bicyclic) bond motifs is 2. The van der Waals surface area contributed by atoms with Gasteiger partial charge in [-0.25, -0.2) is 0 Å². The monoisotopic (exact) mass is 247 g/mol. The second kappa shape index (κ2) is 4.93. The Bertz CT molecular complexity index is 373. The Hall–Kier alpha value is -0.630. The third-order valence-corrected chi connectivity index (χ3v) is 5.29. The predicted octanol–water partition coefficient (Wildman–Crippen LogP) is 4.26. The number of hydrogen-bond donors (Lipinski definition) is 1. The van der Waals surface area contributed by atoms with E-state index in [0.29, 0.717) is 0 Å². The van der Waals surface area contributed by atoms with Gasteiger partial charge in [-0.1, -0.05) is 6.42 Å². The Kier molecular flexibility index (Phi) is 3.32. The van der Waals surface area contributed by atoms with Gasteiger partial charge in [0.15, 0.2) is 0 Å². The first-order valence-electron chi connectivity index (χ1n) is 6.73. The highest BCUT2D eigenvalue weighted by molar-refractivity contribution is 7.98. The number of thioether (sulfide) groups is 1. The molecular formula is C15H21NS. The summed E-state index contributed by atoms with van der Waals surface area (Å²) >= 11 is 1.80. The normalized spacial score (nSPS) is 30.8. The van der Waals surface area contributed by atoms with Crippen molar-refractivity contribution in [1.82, 2.24) is 0 Å². The molecule has 2 aliphatic rings. The number of rotatable bonds is 4. The van der Waals surface area contributed by atoms with Gasteiger partial charge in [0, 0.05) is 17.1 Å². The molecule has 92 valence electrons. The first kappa shape index (κ1) is 11.5. The number of hydrogen-bond acceptors (Lipinski definition) is 2. The molecule has 3 atom stereocenters. The molecule has 0 aromatic heterocycles. The number of benzene rings is 1. The molecule has 2 fully saturated rings. The molecule has 0 heterocycles. The minimum absolute atomic E-state index is 0.939. The lowest BCUT2D eigenvalue weighted by Crippen LogP contribution is -2.20. The van der Waals surface area contributed by atoms with E-state index in [1.165, 1.54) is 42.8 Å². The van der Waals surface area contributed by atoms with Gasteiger partial charge in [-0.3, -0.25) is 0 Å². The second-order valence-corrected chi connectivity index (χ2v) is 6.42. The largest absolute Gasteiger partial charge is 0.385 e. The Morgan fingerprint density at radius 2 is 2.00 bits per heavy atom. The molecule has 3 unspecified atom stereocenters. The Morgan fingerprint density at radius 1 is 1.18 bits per heavy atom. The fraction of sp³-hybridized carbons (Fsp3) is 0.600. The van der Waals surface area contributed by atoms with Crippen LogP contribution < -0.4 is 5.32 Å². The van der Waals surface area contributed by atoms with Crippen LogP contribution >= 0.6 is 11.8 Å². The van der Waals surface area contributed by atoms with Crippen molar-refractivity contribution in [2.75, 3.05) is 18.1 Å². The van der Waals surface area contributed by atoms with Gasteiger partial charge in [0.05, 0.1) is 0 Å². The third kappa shape index (κ3) is 2.47. The second-order valence-electron chi connectivity index (χ2n) is 5.54. The van der Waals surface area contributed by atoms with Crippen LogP contribution in [-0.4, -0.2) is 12.8 Å². The molecule has 1 nitrogen and oxygen atoms in total. The van der Waals surface area contributed by atoms with E-state index in [1.54, 1.807) is 11.8 Å². The molecule has 2 bridgehead atoms. The lowest BCUT2D eigenvalue weighted by molar-refractivity contribution is 0.348. The van der Waals surface area contributed by atoms with Gasteiger partial charge in [0.1, 0.15) is 0 Å². The van der Waals surface area contributed by atoms with Crippen molar-refractivity contribution >= 4 is 17.4 Å². The third-order valence-electron chi connectivity index (χ3n) is 4.54. The van der Waals surface area contributed by atoms with Crippen molar-refractivity contribution in [2.45, 2.75) is 30.6 Å².